The highest BCUT2D eigenvalue weighted by molar-refractivity contribution is 5.70. The van der Waals surface area contributed by atoms with Gasteiger partial charge in [-0.2, -0.15) is 13.2 Å². The van der Waals surface area contributed by atoms with Crippen LogP contribution in [0, 0.1) is 0 Å². The number of alkyl halides is 3. The quantitative estimate of drug-likeness (QED) is 0.651. The molecule has 0 radical (unpaired) electrons. The number of allylic oxidation sites excluding steroid dienone is 1. The summed E-state index contributed by atoms with van der Waals surface area (Å²) in [5, 5.41) is 9.05. The average Bonchev–Trinajstić information content (AvgIpc) is 2.64. The maximum absolute atomic E-state index is 13.2. The number of ether oxygens (including phenoxy) is 1. The number of hydrogen-bond acceptors (Lipinski definition) is 4. The number of nitrogens with zero attached hydrogens (tertiary/aromatic N) is 2. The summed E-state index contributed by atoms with van der Waals surface area (Å²) in [6.07, 6.45) is -1.66. The van der Waals surface area contributed by atoms with Gasteiger partial charge in [0.15, 0.2) is 0 Å². The fraction of sp³-hybridized carbons (Fsp3) is 0.545. The number of halogens is 3. The number of piperazine rings is 1. The lowest BCUT2D eigenvalue weighted by atomic mass is 10.0. The van der Waals surface area contributed by atoms with Gasteiger partial charge in [0.2, 0.25) is 0 Å². The Labute approximate surface area is 180 Å². The Bertz CT molecular complexity index is 808. The van der Waals surface area contributed by atoms with Crippen molar-refractivity contribution in [3.8, 4) is 0 Å². The maximum atomic E-state index is 13.2. The molecule has 6 nitrogen and oxygen atoms in total. The zero-order valence-electron chi connectivity index (χ0n) is 18.0. The molecule has 0 atom stereocenters. The molecule has 0 bridgehead atoms. The van der Waals surface area contributed by atoms with Crippen LogP contribution < -0.4 is 0 Å². The van der Waals surface area contributed by atoms with Gasteiger partial charge in [-0.1, -0.05) is 18.2 Å². The van der Waals surface area contributed by atoms with Crippen molar-refractivity contribution in [3.63, 3.8) is 0 Å². The molecule has 31 heavy (non-hydrogen) atoms. The highest BCUT2D eigenvalue weighted by atomic mass is 19.4. The third kappa shape index (κ3) is 8.24. The van der Waals surface area contributed by atoms with E-state index in [0.29, 0.717) is 50.3 Å². The van der Waals surface area contributed by atoms with E-state index in [9.17, 15) is 22.8 Å². The summed E-state index contributed by atoms with van der Waals surface area (Å²) >= 11 is 0. The van der Waals surface area contributed by atoms with E-state index in [2.05, 4.69) is 0 Å². The Balaban J connectivity index is 2.08. The van der Waals surface area contributed by atoms with E-state index in [-0.39, 0.29) is 12.4 Å². The minimum Gasteiger partial charge on any atom is -0.465 e. The minimum absolute atomic E-state index is 0.138. The normalized spacial score (nSPS) is 16.0. The molecule has 0 spiro atoms. The van der Waals surface area contributed by atoms with Crippen LogP contribution in [0.25, 0.3) is 6.08 Å². The van der Waals surface area contributed by atoms with Crippen molar-refractivity contribution >= 4 is 18.1 Å². The number of amides is 1. The van der Waals surface area contributed by atoms with Crippen molar-refractivity contribution in [2.75, 3.05) is 26.2 Å². The van der Waals surface area contributed by atoms with Gasteiger partial charge >= 0.3 is 18.2 Å². The second-order valence-electron chi connectivity index (χ2n) is 8.48. The molecule has 1 fully saturated rings. The first kappa shape index (κ1) is 24.7. The molecule has 1 amide bonds. The first-order valence-corrected chi connectivity index (χ1v) is 10.1. The summed E-state index contributed by atoms with van der Waals surface area (Å²) in [7, 11) is 0. The molecule has 1 aromatic carbocycles. The predicted molar refractivity (Wildman–Crippen MR) is 110 cm³/mol. The summed E-state index contributed by atoms with van der Waals surface area (Å²) in [6, 6.07) is 3.62. The van der Waals surface area contributed by atoms with E-state index in [1.165, 1.54) is 11.0 Å². The topological polar surface area (TPSA) is 70.1 Å². The molecule has 9 heteroatoms. The molecule has 1 saturated heterocycles. The molecule has 0 saturated carbocycles. The highest BCUT2D eigenvalue weighted by Crippen LogP contribution is 2.31. The van der Waals surface area contributed by atoms with Crippen LogP contribution in [-0.2, 0) is 22.3 Å². The fourth-order valence-electron chi connectivity index (χ4n) is 3.21. The Morgan fingerprint density at radius 2 is 1.77 bits per heavy atom. The number of carbonyl (C=O) groups is 2. The van der Waals surface area contributed by atoms with E-state index in [4.69, 9.17) is 9.84 Å². The maximum Gasteiger partial charge on any atom is 0.416 e. The van der Waals surface area contributed by atoms with Gasteiger partial charge in [0, 0.05) is 39.1 Å². The second kappa shape index (κ2) is 10.2. The number of hydrogen-bond donors (Lipinski definition) is 1. The molecular formula is C22H29F3N2O4. The lowest BCUT2D eigenvalue weighted by Crippen LogP contribution is -2.47. The molecular weight excluding hydrogens is 413 g/mol. The Morgan fingerprint density at radius 1 is 1.13 bits per heavy atom. The lowest BCUT2D eigenvalue weighted by Gasteiger charge is -2.33. The number of esters is 1. The minimum atomic E-state index is -4.45. The van der Waals surface area contributed by atoms with Crippen molar-refractivity contribution in [2.45, 2.75) is 51.9 Å². The first-order chi connectivity index (χ1) is 14.3. The first-order valence-electron chi connectivity index (χ1n) is 10.1. The highest BCUT2D eigenvalue weighted by Gasteiger charge is 2.31. The summed E-state index contributed by atoms with van der Waals surface area (Å²) in [6.45, 7) is 7.46. The number of benzene rings is 1. The van der Waals surface area contributed by atoms with E-state index in [1.807, 2.05) is 4.90 Å². The van der Waals surface area contributed by atoms with Gasteiger partial charge in [-0.25, -0.2) is 4.79 Å². The van der Waals surface area contributed by atoms with Gasteiger partial charge in [-0.05, 0) is 50.5 Å². The zero-order chi connectivity index (χ0) is 23.2. The Kier molecular flexibility index (Phi) is 8.11. The molecule has 1 aromatic rings. The van der Waals surface area contributed by atoms with Gasteiger partial charge in [-0.3, -0.25) is 9.69 Å². The third-order valence-corrected chi connectivity index (χ3v) is 4.74. The van der Waals surface area contributed by atoms with Crippen LogP contribution in [0.2, 0.25) is 0 Å². The molecule has 1 heterocycles. The average molecular weight is 442 g/mol. The van der Waals surface area contributed by atoms with Gasteiger partial charge < -0.3 is 14.7 Å². The number of carbonyl (C=O) groups excluding carboxylic acids is 1. The van der Waals surface area contributed by atoms with Crippen LogP contribution in [0.5, 0.6) is 0 Å². The molecule has 0 aliphatic carbocycles. The molecule has 172 valence electrons. The second-order valence-corrected chi connectivity index (χ2v) is 8.48. The van der Waals surface area contributed by atoms with Crippen molar-refractivity contribution in [1.29, 1.82) is 0 Å². The molecule has 2 rings (SSSR count). The van der Waals surface area contributed by atoms with Crippen LogP contribution in [0.15, 0.2) is 24.3 Å². The van der Waals surface area contributed by atoms with Crippen molar-refractivity contribution in [1.82, 2.24) is 9.80 Å². The molecule has 0 unspecified atom stereocenters. The fourth-order valence-corrected chi connectivity index (χ4v) is 3.21. The van der Waals surface area contributed by atoms with Crippen LogP contribution in [0.4, 0.5) is 18.0 Å². The van der Waals surface area contributed by atoms with Crippen LogP contribution in [0.1, 0.15) is 50.3 Å². The largest absolute Gasteiger partial charge is 0.465 e. The Morgan fingerprint density at radius 3 is 2.32 bits per heavy atom. The van der Waals surface area contributed by atoms with Gasteiger partial charge in [0.1, 0.15) is 5.60 Å². The molecule has 1 aliphatic heterocycles. The number of carboxylic acid groups (broad SMARTS) is 1. The van der Waals surface area contributed by atoms with E-state index in [0.717, 1.165) is 12.1 Å². The van der Waals surface area contributed by atoms with E-state index >= 15 is 0 Å². The summed E-state index contributed by atoms with van der Waals surface area (Å²) in [5.74, 6) is -0.363. The summed E-state index contributed by atoms with van der Waals surface area (Å²) in [5.41, 5.74) is -0.177. The summed E-state index contributed by atoms with van der Waals surface area (Å²) < 4.78 is 44.7. The lowest BCUT2D eigenvalue weighted by molar-refractivity contribution is -0.154. The van der Waals surface area contributed by atoms with Crippen molar-refractivity contribution in [2.24, 2.45) is 0 Å². The monoisotopic (exact) mass is 442 g/mol. The molecule has 1 aliphatic rings. The van der Waals surface area contributed by atoms with Crippen LogP contribution in [0.3, 0.4) is 0 Å². The zero-order valence-corrected chi connectivity index (χ0v) is 18.0. The number of rotatable bonds is 6. The Hall–Kier alpha value is -2.55. The molecule has 1 N–H and O–H groups in total. The van der Waals surface area contributed by atoms with Crippen LogP contribution >= 0.6 is 0 Å². The van der Waals surface area contributed by atoms with E-state index in [1.54, 1.807) is 32.9 Å². The third-order valence-electron chi connectivity index (χ3n) is 4.74. The van der Waals surface area contributed by atoms with Gasteiger partial charge in [-0.15, -0.1) is 0 Å². The van der Waals surface area contributed by atoms with Crippen LogP contribution in [-0.4, -0.2) is 58.7 Å². The standard InChI is InChI=1S/C22H29F3N2O4/c1-21(2,3)31-19(28)7-5-4-6-16-14-18(22(23,24)25)9-8-17(16)15-26-10-12-27(13-11-26)20(29)30/h4,6,8-9,14H,5,7,10-13,15H2,1-3H3,(H,29,30)/b6-4+. The smallest absolute Gasteiger partial charge is 0.416 e. The van der Waals surface area contributed by atoms with Crippen molar-refractivity contribution in [3.05, 3.63) is 41.0 Å². The predicted octanol–water partition coefficient (Wildman–Crippen LogP) is 4.64. The van der Waals surface area contributed by atoms with E-state index < -0.39 is 23.4 Å². The summed E-state index contributed by atoms with van der Waals surface area (Å²) in [4.78, 5) is 26.2. The molecule has 0 aromatic heterocycles. The SMILES string of the molecule is CC(C)(C)OC(=O)CC/C=C/c1cc(C(F)(F)F)ccc1CN1CCN(C(=O)O)CC1. The van der Waals surface area contributed by atoms with Gasteiger partial charge in [0.25, 0.3) is 0 Å². The van der Waals surface area contributed by atoms with Crippen molar-refractivity contribution < 1.29 is 32.6 Å². The van der Waals surface area contributed by atoms with Gasteiger partial charge in [0.05, 0.1) is 5.56 Å².